The van der Waals surface area contributed by atoms with Crippen LogP contribution in [-0.4, -0.2) is 20.4 Å². The Labute approximate surface area is 136 Å². The van der Waals surface area contributed by atoms with Gasteiger partial charge in [-0.1, -0.05) is 18.2 Å². The average Bonchev–Trinajstić information content (AvgIpc) is 3.05. The quantitative estimate of drug-likeness (QED) is 0.748. The van der Waals surface area contributed by atoms with Gasteiger partial charge in [0.05, 0.1) is 23.1 Å². The molecule has 0 saturated carbocycles. The van der Waals surface area contributed by atoms with E-state index in [2.05, 4.69) is 59.0 Å². The molecule has 2 bridgehead atoms. The van der Waals surface area contributed by atoms with Crippen molar-refractivity contribution in [2.24, 2.45) is 14.1 Å². The molecule has 1 aromatic carbocycles. The van der Waals surface area contributed by atoms with Crippen molar-refractivity contribution in [1.29, 1.82) is 0 Å². The highest BCUT2D eigenvalue weighted by molar-refractivity contribution is 5.87. The van der Waals surface area contributed by atoms with Gasteiger partial charge in [0.25, 0.3) is 0 Å². The Kier molecular flexibility index (Phi) is 2.74. The zero-order valence-electron chi connectivity index (χ0n) is 13.7. The van der Waals surface area contributed by atoms with E-state index in [1.54, 1.807) is 0 Å². The molecule has 0 spiro atoms. The number of benzene rings is 1. The summed E-state index contributed by atoms with van der Waals surface area (Å²) >= 11 is 0. The van der Waals surface area contributed by atoms with Crippen molar-refractivity contribution in [2.75, 3.05) is 0 Å². The first kappa shape index (κ1) is 13.4. The van der Waals surface area contributed by atoms with Gasteiger partial charge in [0.15, 0.2) is 0 Å². The van der Waals surface area contributed by atoms with E-state index in [0.717, 1.165) is 6.42 Å². The maximum Gasteiger partial charge on any atom is 0.0879 e. The second-order valence-corrected chi connectivity index (χ2v) is 7.03. The fourth-order valence-corrected chi connectivity index (χ4v) is 4.55. The van der Waals surface area contributed by atoms with E-state index >= 15 is 0 Å². The number of aryl methyl sites for hydroxylation is 2. The molecule has 2 atom stereocenters. The molecular formula is C19H22N4. The van der Waals surface area contributed by atoms with Crippen molar-refractivity contribution < 1.29 is 0 Å². The smallest absolute Gasteiger partial charge is 0.0879 e. The zero-order chi connectivity index (χ0) is 15.6. The number of aromatic nitrogens is 3. The number of hydrogen-bond acceptors (Lipinski definition) is 2. The van der Waals surface area contributed by atoms with Crippen molar-refractivity contribution in [2.45, 2.75) is 37.8 Å². The average molecular weight is 306 g/mol. The largest absolute Gasteiger partial charge is 0.342 e. The zero-order valence-corrected chi connectivity index (χ0v) is 13.7. The molecule has 118 valence electrons. The Morgan fingerprint density at radius 3 is 2.91 bits per heavy atom. The van der Waals surface area contributed by atoms with E-state index in [0.29, 0.717) is 12.1 Å². The van der Waals surface area contributed by atoms with E-state index in [-0.39, 0.29) is 0 Å². The fraction of sp³-hybridized carbons (Fsp3) is 0.421. The van der Waals surface area contributed by atoms with Gasteiger partial charge in [-0.15, -0.1) is 0 Å². The van der Waals surface area contributed by atoms with Crippen LogP contribution < -0.4 is 5.32 Å². The number of rotatable bonds is 1. The lowest BCUT2D eigenvalue weighted by molar-refractivity contribution is 0.297. The number of nitrogens with one attached hydrogen (secondary N) is 1. The predicted molar refractivity (Wildman–Crippen MR) is 92.3 cm³/mol. The van der Waals surface area contributed by atoms with E-state index in [1.165, 1.54) is 52.8 Å². The maximum absolute atomic E-state index is 4.90. The van der Waals surface area contributed by atoms with Crippen LogP contribution in [0.4, 0.5) is 0 Å². The highest BCUT2D eigenvalue weighted by Crippen LogP contribution is 2.39. The first-order valence-electron chi connectivity index (χ1n) is 8.59. The predicted octanol–water partition coefficient (Wildman–Crippen LogP) is 3.32. The highest BCUT2D eigenvalue weighted by Gasteiger charge is 2.35. The summed E-state index contributed by atoms with van der Waals surface area (Å²) in [4.78, 5) is 0. The summed E-state index contributed by atoms with van der Waals surface area (Å²) in [5.74, 6) is 0. The molecular weight excluding hydrogens is 284 g/mol. The van der Waals surface area contributed by atoms with Gasteiger partial charge in [-0.3, -0.25) is 4.68 Å². The summed E-state index contributed by atoms with van der Waals surface area (Å²) in [6, 6.07) is 12.0. The summed E-state index contributed by atoms with van der Waals surface area (Å²) in [6.45, 7) is 0. The number of fused-ring (bicyclic) bond motifs is 5. The lowest BCUT2D eigenvalue weighted by Gasteiger charge is -2.35. The fourth-order valence-electron chi connectivity index (χ4n) is 4.55. The molecule has 2 aliphatic rings. The molecule has 1 saturated heterocycles. The first-order valence-corrected chi connectivity index (χ1v) is 8.59. The lowest BCUT2D eigenvalue weighted by atomic mass is 9.84. The summed E-state index contributed by atoms with van der Waals surface area (Å²) in [6.07, 6.45) is 4.94. The minimum absolute atomic E-state index is 0.451. The summed E-state index contributed by atoms with van der Waals surface area (Å²) in [5, 5.41) is 9.96. The third kappa shape index (κ3) is 1.84. The Bertz CT molecular complexity index is 902. The third-order valence-corrected chi connectivity index (χ3v) is 5.63. The first-order chi connectivity index (χ1) is 11.2. The molecule has 2 aliphatic heterocycles. The van der Waals surface area contributed by atoms with Crippen LogP contribution in [0.2, 0.25) is 0 Å². The molecule has 23 heavy (non-hydrogen) atoms. The molecule has 1 N–H and O–H groups in total. The number of hydrogen-bond donors (Lipinski definition) is 1. The Morgan fingerprint density at radius 1 is 1.17 bits per heavy atom. The topological polar surface area (TPSA) is 34.8 Å². The standard InChI is InChI=1S/C19H22N4/c1-22-16-9-4-3-6-12(16)10-17(22)19-14-11-13-7-5-8-15(20-13)18(14)21-23(19)2/h3-4,6,9-10,13,15,20H,5,7-8,11H2,1-2H3/t13-,15+/m1/s1. The van der Waals surface area contributed by atoms with Crippen LogP contribution in [-0.2, 0) is 20.5 Å². The second kappa shape index (κ2) is 4.71. The summed E-state index contributed by atoms with van der Waals surface area (Å²) < 4.78 is 4.41. The molecule has 3 aromatic rings. The highest BCUT2D eigenvalue weighted by atomic mass is 15.3. The van der Waals surface area contributed by atoms with E-state index in [9.17, 15) is 0 Å². The molecule has 0 radical (unpaired) electrons. The SMILES string of the molecule is Cn1nc2c(c1-c1cc3ccccc3n1C)C[C@H]1CCC[C@@H]2N1. The Morgan fingerprint density at radius 2 is 2.04 bits per heavy atom. The van der Waals surface area contributed by atoms with Crippen LogP contribution in [0.5, 0.6) is 0 Å². The molecule has 4 heteroatoms. The second-order valence-electron chi connectivity index (χ2n) is 7.03. The van der Waals surface area contributed by atoms with Gasteiger partial charge in [0, 0.05) is 36.6 Å². The third-order valence-electron chi connectivity index (χ3n) is 5.63. The Balaban J connectivity index is 1.74. The van der Waals surface area contributed by atoms with Crippen molar-refractivity contribution in [1.82, 2.24) is 19.7 Å². The maximum atomic E-state index is 4.90. The minimum atomic E-state index is 0.451. The van der Waals surface area contributed by atoms with Crippen LogP contribution in [0.1, 0.15) is 36.6 Å². The number of piperidine rings is 1. The van der Waals surface area contributed by atoms with Gasteiger partial charge in [0.1, 0.15) is 0 Å². The normalized spacial score (nSPS) is 23.2. The Hall–Kier alpha value is -2.07. The molecule has 1 fully saturated rings. The van der Waals surface area contributed by atoms with E-state index < -0.39 is 0 Å². The van der Waals surface area contributed by atoms with Gasteiger partial charge in [0.2, 0.25) is 0 Å². The van der Waals surface area contributed by atoms with Gasteiger partial charge in [-0.05, 0) is 37.8 Å². The van der Waals surface area contributed by atoms with Gasteiger partial charge in [-0.25, -0.2) is 0 Å². The minimum Gasteiger partial charge on any atom is -0.342 e. The van der Waals surface area contributed by atoms with Gasteiger partial charge >= 0.3 is 0 Å². The van der Waals surface area contributed by atoms with Crippen molar-refractivity contribution in [3.05, 3.63) is 41.6 Å². The van der Waals surface area contributed by atoms with Crippen molar-refractivity contribution in [3.8, 4) is 11.4 Å². The van der Waals surface area contributed by atoms with Crippen LogP contribution in [0.25, 0.3) is 22.3 Å². The summed E-state index contributed by atoms with van der Waals surface area (Å²) in [5.41, 5.74) is 6.61. The molecule has 0 amide bonds. The molecule has 0 unspecified atom stereocenters. The van der Waals surface area contributed by atoms with Gasteiger partial charge in [-0.2, -0.15) is 5.10 Å². The van der Waals surface area contributed by atoms with Crippen LogP contribution >= 0.6 is 0 Å². The van der Waals surface area contributed by atoms with E-state index in [4.69, 9.17) is 5.10 Å². The van der Waals surface area contributed by atoms with Crippen LogP contribution in [0, 0.1) is 0 Å². The molecule has 4 nitrogen and oxygen atoms in total. The van der Waals surface area contributed by atoms with Crippen molar-refractivity contribution in [3.63, 3.8) is 0 Å². The molecule has 2 aromatic heterocycles. The molecule has 5 rings (SSSR count). The lowest BCUT2D eigenvalue weighted by Crippen LogP contribution is -2.42. The van der Waals surface area contributed by atoms with Crippen LogP contribution in [0.15, 0.2) is 30.3 Å². The summed E-state index contributed by atoms with van der Waals surface area (Å²) in [7, 11) is 4.26. The number of nitrogens with zero attached hydrogens (tertiary/aromatic N) is 3. The monoisotopic (exact) mass is 306 g/mol. The van der Waals surface area contributed by atoms with Crippen molar-refractivity contribution >= 4 is 10.9 Å². The molecule has 4 heterocycles. The number of para-hydroxylation sites is 1. The van der Waals surface area contributed by atoms with Gasteiger partial charge < -0.3 is 9.88 Å². The van der Waals surface area contributed by atoms with Crippen LogP contribution in [0.3, 0.4) is 0 Å². The molecule has 0 aliphatic carbocycles. The van der Waals surface area contributed by atoms with E-state index in [1.807, 2.05) is 0 Å².